The molecule has 1 heterocycles. The number of fused-ring (bicyclic) bond motifs is 1. The molecule has 0 amide bonds. The van der Waals surface area contributed by atoms with E-state index in [1.54, 1.807) is 13.2 Å². The molecule has 0 aliphatic rings. The Labute approximate surface area is 93.8 Å². The van der Waals surface area contributed by atoms with Gasteiger partial charge in [0.05, 0.1) is 11.2 Å². The standard InChI is InChI=1S/C12H15FN2O/c1-9-11-8-10(13)4-5-12(11)15(14-9)6-3-7-16-2/h4-5,8H,3,6-7H2,1-2H3. The van der Waals surface area contributed by atoms with Gasteiger partial charge in [0.25, 0.3) is 0 Å². The Morgan fingerprint density at radius 1 is 1.44 bits per heavy atom. The van der Waals surface area contributed by atoms with Crippen molar-refractivity contribution in [1.29, 1.82) is 0 Å². The van der Waals surface area contributed by atoms with Gasteiger partial charge < -0.3 is 4.74 Å². The largest absolute Gasteiger partial charge is 0.385 e. The van der Waals surface area contributed by atoms with Crippen LogP contribution < -0.4 is 0 Å². The summed E-state index contributed by atoms with van der Waals surface area (Å²) >= 11 is 0. The Balaban J connectivity index is 2.32. The summed E-state index contributed by atoms with van der Waals surface area (Å²) in [5, 5.41) is 5.28. The van der Waals surface area contributed by atoms with Gasteiger partial charge in [0.1, 0.15) is 5.82 Å². The third-order valence-corrected chi connectivity index (χ3v) is 2.62. The molecular formula is C12H15FN2O. The molecule has 0 atom stereocenters. The van der Waals surface area contributed by atoms with Gasteiger partial charge in [0, 0.05) is 25.6 Å². The van der Waals surface area contributed by atoms with Crippen molar-refractivity contribution in [3.05, 3.63) is 29.7 Å². The molecule has 0 N–H and O–H groups in total. The van der Waals surface area contributed by atoms with Crippen LogP contribution in [0.4, 0.5) is 4.39 Å². The van der Waals surface area contributed by atoms with Crippen LogP contribution >= 0.6 is 0 Å². The number of aryl methyl sites for hydroxylation is 2. The fraction of sp³-hybridized carbons (Fsp3) is 0.417. The summed E-state index contributed by atoms with van der Waals surface area (Å²) in [6.07, 6.45) is 0.907. The molecule has 0 radical (unpaired) electrons. The Kier molecular flexibility index (Phi) is 3.19. The minimum Gasteiger partial charge on any atom is -0.385 e. The van der Waals surface area contributed by atoms with Crippen molar-refractivity contribution in [3.8, 4) is 0 Å². The van der Waals surface area contributed by atoms with E-state index in [9.17, 15) is 4.39 Å². The van der Waals surface area contributed by atoms with Crippen LogP contribution in [0.5, 0.6) is 0 Å². The molecule has 4 heteroatoms. The van der Waals surface area contributed by atoms with Gasteiger partial charge >= 0.3 is 0 Å². The average Bonchev–Trinajstić information content (AvgIpc) is 2.56. The van der Waals surface area contributed by atoms with Crippen LogP contribution in [0, 0.1) is 12.7 Å². The maximum Gasteiger partial charge on any atom is 0.124 e. The van der Waals surface area contributed by atoms with E-state index in [1.165, 1.54) is 12.1 Å². The second kappa shape index (κ2) is 4.61. The smallest absolute Gasteiger partial charge is 0.124 e. The average molecular weight is 222 g/mol. The van der Waals surface area contributed by atoms with Crippen LogP contribution in [0.3, 0.4) is 0 Å². The first kappa shape index (κ1) is 11.1. The lowest BCUT2D eigenvalue weighted by molar-refractivity contribution is 0.189. The highest BCUT2D eigenvalue weighted by Gasteiger charge is 2.07. The minimum absolute atomic E-state index is 0.216. The number of aromatic nitrogens is 2. The van der Waals surface area contributed by atoms with Crippen LogP contribution in [-0.2, 0) is 11.3 Å². The SMILES string of the molecule is COCCCn1nc(C)c2cc(F)ccc21. The molecule has 2 aromatic rings. The van der Waals surface area contributed by atoms with Crippen molar-refractivity contribution in [2.45, 2.75) is 19.9 Å². The van der Waals surface area contributed by atoms with Crippen LogP contribution in [0.25, 0.3) is 10.9 Å². The van der Waals surface area contributed by atoms with E-state index < -0.39 is 0 Å². The van der Waals surface area contributed by atoms with Gasteiger partial charge in [0.2, 0.25) is 0 Å². The molecule has 2 rings (SSSR count). The van der Waals surface area contributed by atoms with E-state index in [0.717, 1.165) is 29.6 Å². The molecule has 0 bridgehead atoms. The van der Waals surface area contributed by atoms with E-state index in [4.69, 9.17) is 4.74 Å². The lowest BCUT2D eigenvalue weighted by Crippen LogP contribution is -2.03. The number of hydrogen-bond acceptors (Lipinski definition) is 2. The van der Waals surface area contributed by atoms with Crippen molar-refractivity contribution in [2.75, 3.05) is 13.7 Å². The molecule has 0 fully saturated rings. The summed E-state index contributed by atoms with van der Waals surface area (Å²) < 4.78 is 20.0. The van der Waals surface area contributed by atoms with E-state index in [0.29, 0.717) is 6.61 Å². The third kappa shape index (κ3) is 2.07. The summed E-state index contributed by atoms with van der Waals surface area (Å²) in [6, 6.07) is 4.78. The van der Waals surface area contributed by atoms with Crippen molar-refractivity contribution < 1.29 is 9.13 Å². The minimum atomic E-state index is -0.216. The van der Waals surface area contributed by atoms with Crippen molar-refractivity contribution >= 4 is 10.9 Å². The van der Waals surface area contributed by atoms with Gasteiger partial charge in [-0.15, -0.1) is 0 Å². The van der Waals surface area contributed by atoms with Crippen LogP contribution in [-0.4, -0.2) is 23.5 Å². The van der Waals surface area contributed by atoms with Gasteiger partial charge in [-0.3, -0.25) is 4.68 Å². The second-order valence-corrected chi connectivity index (χ2v) is 3.82. The zero-order valence-corrected chi connectivity index (χ0v) is 9.53. The highest BCUT2D eigenvalue weighted by molar-refractivity contribution is 5.81. The van der Waals surface area contributed by atoms with Gasteiger partial charge in [0.15, 0.2) is 0 Å². The quantitative estimate of drug-likeness (QED) is 0.743. The molecule has 0 saturated heterocycles. The maximum atomic E-state index is 13.1. The van der Waals surface area contributed by atoms with Crippen molar-refractivity contribution in [2.24, 2.45) is 0 Å². The van der Waals surface area contributed by atoms with Crippen LogP contribution in [0.1, 0.15) is 12.1 Å². The van der Waals surface area contributed by atoms with Crippen molar-refractivity contribution in [3.63, 3.8) is 0 Å². The van der Waals surface area contributed by atoms with E-state index in [-0.39, 0.29) is 5.82 Å². The van der Waals surface area contributed by atoms with E-state index in [1.807, 2.05) is 11.6 Å². The summed E-state index contributed by atoms with van der Waals surface area (Å²) in [5.41, 5.74) is 1.85. The molecule has 1 aromatic carbocycles. The summed E-state index contributed by atoms with van der Waals surface area (Å²) in [4.78, 5) is 0. The molecule has 16 heavy (non-hydrogen) atoms. The first-order valence-electron chi connectivity index (χ1n) is 5.34. The third-order valence-electron chi connectivity index (χ3n) is 2.62. The predicted octanol–water partition coefficient (Wildman–Crippen LogP) is 2.52. The maximum absolute atomic E-state index is 13.1. The number of halogens is 1. The predicted molar refractivity (Wildman–Crippen MR) is 60.9 cm³/mol. The number of ether oxygens (including phenoxy) is 1. The van der Waals surface area contributed by atoms with Gasteiger partial charge in [-0.25, -0.2) is 4.39 Å². The first-order valence-corrected chi connectivity index (χ1v) is 5.34. The molecule has 0 saturated carbocycles. The molecule has 3 nitrogen and oxygen atoms in total. The molecule has 1 aromatic heterocycles. The first-order chi connectivity index (χ1) is 7.72. The Bertz CT molecular complexity index is 493. The molecular weight excluding hydrogens is 207 g/mol. The Morgan fingerprint density at radius 3 is 3.00 bits per heavy atom. The van der Waals surface area contributed by atoms with Crippen LogP contribution in [0.15, 0.2) is 18.2 Å². The number of rotatable bonds is 4. The zero-order chi connectivity index (χ0) is 11.5. The number of hydrogen-bond donors (Lipinski definition) is 0. The van der Waals surface area contributed by atoms with Gasteiger partial charge in [-0.2, -0.15) is 5.10 Å². The molecule has 0 aliphatic heterocycles. The monoisotopic (exact) mass is 222 g/mol. The van der Waals surface area contributed by atoms with Crippen LogP contribution in [0.2, 0.25) is 0 Å². The lowest BCUT2D eigenvalue weighted by atomic mass is 10.2. The van der Waals surface area contributed by atoms with Crippen molar-refractivity contribution in [1.82, 2.24) is 9.78 Å². The number of methoxy groups -OCH3 is 1. The number of nitrogens with zero attached hydrogens (tertiary/aromatic N) is 2. The highest BCUT2D eigenvalue weighted by Crippen LogP contribution is 2.19. The van der Waals surface area contributed by atoms with E-state index >= 15 is 0 Å². The van der Waals surface area contributed by atoms with Gasteiger partial charge in [-0.05, 0) is 31.5 Å². The molecule has 0 unspecified atom stereocenters. The normalized spacial score (nSPS) is 11.2. The molecule has 0 spiro atoms. The molecule has 0 aliphatic carbocycles. The lowest BCUT2D eigenvalue weighted by Gasteiger charge is -2.02. The van der Waals surface area contributed by atoms with Gasteiger partial charge in [-0.1, -0.05) is 0 Å². The fourth-order valence-corrected chi connectivity index (χ4v) is 1.84. The Morgan fingerprint density at radius 2 is 2.25 bits per heavy atom. The summed E-state index contributed by atoms with van der Waals surface area (Å²) in [5.74, 6) is -0.216. The number of benzene rings is 1. The fourth-order valence-electron chi connectivity index (χ4n) is 1.84. The topological polar surface area (TPSA) is 27.1 Å². The summed E-state index contributed by atoms with van der Waals surface area (Å²) in [7, 11) is 1.68. The zero-order valence-electron chi connectivity index (χ0n) is 9.53. The van der Waals surface area contributed by atoms with E-state index in [2.05, 4.69) is 5.10 Å². The second-order valence-electron chi connectivity index (χ2n) is 3.82. The summed E-state index contributed by atoms with van der Waals surface area (Å²) in [6.45, 7) is 3.40. The molecule has 86 valence electrons. The Hall–Kier alpha value is -1.42. The highest BCUT2D eigenvalue weighted by atomic mass is 19.1.